The molecule has 1 N–H and O–H groups in total. The van der Waals surface area contributed by atoms with Crippen molar-refractivity contribution in [3.05, 3.63) is 59.6 Å². The van der Waals surface area contributed by atoms with E-state index in [2.05, 4.69) is 10.4 Å². The highest BCUT2D eigenvalue weighted by molar-refractivity contribution is 7.13. The van der Waals surface area contributed by atoms with Crippen molar-refractivity contribution < 1.29 is 14.3 Å². The molecule has 0 saturated heterocycles. The number of amides is 1. The zero-order chi connectivity index (χ0) is 18.8. The predicted octanol–water partition coefficient (Wildman–Crippen LogP) is 3.42. The first-order chi connectivity index (χ1) is 13.1. The van der Waals surface area contributed by atoms with Gasteiger partial charge in [-0.1, -0.05) is 24.3 Å². The molecule has 0 radical (unpaired) electrons. The van der Waals surface area contributed by atoms with Gasteiger partial charge in [-0.15, -0.1) is 11.3 Å². The molecule has 1 aromatic carbocycles. The predicted molar refractivity (Wildman–Crippen MR) is 103 cm³/mol. The van der Waals surface area contributed by atoms with Gasteiger partial charge in [0, 0.05) is 12.1 Å². The maximum absolute atomic E-state index is 12.8. The van der Waals surface area contributed by atoms with Crippen molar-refractivity contribution in [1.29, 1.82) is 0 Å². The van der Waals surface area contributed by atoms with Crippen molar-refractivity contribution in [2.24, 2.45) is 0 Å². The molecule has 0 bridgehead atoms. The third-order valence-electron chi connectivity index (χ3n) is 4.27. The first kappa shape index (κ1) is 17.5. The highest BCUT2D eigenvalue weighted by Crippen LogP contribution is 2.26. The molecule has 2 aromatic heterocycles. The fourth-order valence-corrected chi connectivity index (χ4v) is 3.34. The monoisotopic (exact) mass is 381 g/mol. The number of carbonyl (C=O) groups is 2. The summed E-state index contributed by atoms with van der Waals surface area (Å²) < 4.78 is 6.97. The van der Waals surface area contributed by atoms with Crippen LogP contribution in [-0.4, -0.2) is 33.8 Å². The SMILES string of the molecule is C[C@H](OC(=O)c1cc(-c2cccs2)nn1-c1ccccc1)C(=O)NC1CC1. The summed E-state index contributed by atoms with van der Waals surface area (Å²) in [5.41, 5.74) is 1.73. The van der Waals surface area contributed by atoms with Crippen LogP contribution in [0.2, 0.25) is 0 Å². The number of ether oxygens (including phenoxy) is 1. The van der Waals surface area contributed by atoms with E-state index in [4.69, 9.17) is 4.74 Å². The van der Waals surface area contributed by atoms with Gasteiger partial charge in [0.1, 0.15) is 5.69 Å². The smallest absolute Gasteiger partial charge is 0.357 e. The summed E-state index contributed by atoms with van der Waals surface area (Å²) in [7, 11) is 0. The Kier molecular flexibility index (Phi) is 4.77. The van der Waals surface area contributed by atoms with Gasteiger partial charge < -0.3 is 10.1 Å². The molecular formula is C20H19N3O3S. The van der Waals surface area contributed by atoms with Crippen LogP contribution in [-0.2, 0) is 9.53 Å². The average molecular weight is 381 g/mol. The number of nitrogens with one attached hydrogen (secondary N) is 1. The molecule has 0 aliphatic heterocycles. The van der Waals surface area contributed by atoms with Gasteiger partial charge in [0.15, 0.2) is 11.8 Å². The minimum atomic E-state index is -0.859. The summed E-state index contributed by atoms with van der Waals surface area (Å²) in [4.78, 5) is 25.8. The van der Waals surface area contributed by atoms with Crippen molar-refractivity contribution in [1.82, 2.24) is 15.1 Å². The lowest BCUT2D eigenvalue weighted by Crippen LogP contribution is -2.37. The van der Waals surface area contributed by atoms with E-state index in [1.807, 2.05) is 47.8 Å². The molecule has 1 aliphatic rings. The molecule has 1 amide bonds. The Bertz CT molecular complexity index is 946. The van der Waals surface area contributed by atoms with Crippen molar-refractivity contribution in [3.63, 3.8) is 0 Å². The fraction of sp³-hybridized carbons (Fsp3) is 0.250. The van der Waals surface area contributed by atoms with Crippen molar-refractivity contribution >= 4 is 23.2 Å². The zero-order valence-corrected chi connectivity index (χ0v) is 15.6. The summed E-state index contributed by atoms with van der Waals surface area (Å²) in [5.74, 6) is -0.845. The molecule has 7 heteroatoms. The van der Waals surface area contributed by atoms with Crippen LogP contribution < -0.4 is 5.32 Å². The highest BCUT2D eigenvalue weighted by Gasteiger charge is 2.28. The Labute approximate surface area is 160 Å². The average Bonchev–Trinajstić information content (AvgIpc) is 3.15. The van der Waals surface area contributed by atoms with Crippen LogP contribution in [0.1, 0.15) is 30.3 Å². The van der Waals surface area contributed by atoms with E-state index in [0.717, 1.165) is 23.4 Å². The quantitative estimate of drug-likeness (QED) is 0.664. The lowest BCUT2D eigenvalue weighted by Gasteiger charge is -2.13. The Hall–Kier alpha value is -2.93. The van der Waals surface area contributed by atoms with Crippen LogP contribution >= 0.6 is 11.3 Å². The second-order valence-corrected chi connectivity index (χ2v) is 7.42. The second kappa shape index (κ2) is 7.36. The second-order valence-electron chi connectivity index (χ2n) is 6.47. The maximum Gasteiger partial charge on any atom is 0.357 e. The molecule has 138 valence electrons. The lowest BCUT2D eigenvalue weighted by molar-refractivity contribution is -0.129. The van der Waals surface area contributed by atoms with E-state index in [-0.39, 0.29) is 17.6 Å². The van der Waals surface area contributed by atoms with Gasteiger partial charge in [-0.3, -0.25) is 4.79 Å². The molecule has 1 saturated carbocycles. The fourth-order valence-electron chi connectivity index (χ4n) is 2.66. The molecular weight excluding hydrogens is 362 g/mol. The minimum absolute atomic E-state index is 0.221. The van der Waals surface area contributed by atoms with Crippen molar-refractivity contribution in [2.45, 2.75) is 31.9 Å². The number of benzene rings is 1. The first-order valence-corrected chi connectivity index (χ1v) is 9.70. The molecule has 6 nitrogen and oxygen atoms in total. The number of hydrogen-bond donors (Lipinski definition) is 1. The summed E-state index contributed by atoms with van der Waals surface area (Å²) in [6.07, 6.45) is 1.11. The summed E-state index contributed by atoms with van der Waals surface area (Å²) in [5, 5.41) is 9.39. The van der Waals surface area contributed by atoms with Crippen LogP contribution in [0.4, 0.5) is 0 Å². The summed E-state index contributed by atoms with van der Waals surface area (Å²) in [6, 6.07) is 15.2. The molecule has 27 heavy (non-hydrogen) atoms. The van der Waals surface area contributed by atoms with Gasteiger partial charge in [-0.25, -0.2) is 9.48 Å². The molecule has 1 fully saturated rings. The molecule has 0 spiro atoms. The Balaban J connectivity index is 1.61. The van der Waals surface area contributed by atoms with Crippen LogP contribution in [0.5, 0.6) is 0 Å². The molecule has 1 atom stereocenters. The zero-order valence-electron chi connectivity index (χ0n) is 14.8. The van der Waals surface area contributed by atoms with Crippen LogP contribution in [0.25, 0.3) is 16.3 Å². The van der Waals surface area contributed by atoms with Crippen molar-refractivity contribution in [3.8, 4) is 16.3 Å². The van der Waals surface area contributed by atoms with Gasteiger partial charge in [-0.2, -0.15) is 5.10 Å². The minimum Gasteiger partial charge on any atom is -0.448 e. The van der Waals surface area contributed by atoms with Gasteiger partial charge in [0.2, 0.25) is 0 Å². The third-order valence-corrected chi connectivity index (χ3v) is 5.16. The number of nitrogens with zero attached hydrogens (tertiary/aromatic N) is 2. The van der Waals surface area contributed by atoms with E-state index in [1.165, 1.54) is 0 Å². The van der Waals surface area contributed by atoms with Gasteiger partial charge >= 0.3 is 5.97 Å². The van der Waals surface area contributed by atoms with Gasteiger partial charge in [-0.05, 0) is 43.3 Å². The van der Waals surface area contributed by atoms with E-state index in [9.17, 15) is 9.59 Å². The largest absolute Gasteiger partial charge is 0.448 e. The normalized spacial score (nSPS) is 14.6. The molecule has 2 heterocycles. The van der Waals surface area contributed by atoms with Gasteiger partial charge in [0.25, 0.3) is 5.91 Å². The standard InChI is InChI=1S/C20H19N3O3S/c1-13(19(24)21-14-9-10-14)26-20(25)17-12-16(18-8-5-11-27-18)22-23(17)15-6-3-2-4-7-15/h2-8,11-14H,9-10H2,1H3,(H,21,24)/t13-/m0/s1. The third kappa shape index (κ3) is 3.93. The Morgan fingerprint density at radius 3 is 2.67 bits per heavy atom. The molecule has 1 aliphatic carbocycles. The van der Waals surface area contributed by atoms with E-state index in [1.54, 1.807) is 29.0 Å². The highest BCUT2D eigenvalue weighted by atomic mass is 32.1. The number of rotatable bonds is 6. The molecule has 0 unspecified atom stereocenters. The number of para-hydroxylation sites is 1. The Morgan fingerprint density at radius 2 is 2.00 bits per heavy atom. The lowest BCUT2D eigenvalue weighted by atomic mass is 10.3. The number of thiophene rings is 1. The summed E-state index contributed by atoms with van der Waals surface area (Å²) in [6.45, 7) is 1.58. The number of carbonyl (C=O) groups excluding carboxylic acids is 2. The number of esters is 1. The van der Waals surface area contributed by atoms with Crippen molar-refractivity contribution in [2.75, 3.05) is 0 Å². The van der Waals surface area contributed by atoms with Crippen LogP contribution in [0.3, 0.4) is 0 Å². The molecule has 4 rings (SSSR count). The van der Waals surface area contributed by atoms with E-state index in [0.29, 0.717) is 5.69 Å². The number of hydrogen-bond acceptors (Lipinski definition) is 5. The van der Waals surface area contributed by atoms with Gasteiger partial charge in [0.05, 0.1) is 10.6 Å². The number of aromatic nitrogens is 2. The van der Waals surface area contributed by atoms with Crippen LogP contribution in [0.15, 0.2) is 53.9 Å². The topological polar surface area (TPSA) is 73.2 Å². The maximum atomic E-state index is 12.8. The summed E-state index contributed by atoms with van der Waals surface area (Å²) >= 11 is 1.55. The van der Waals surface area contributed by atoms with Crippen LogP contribution in [0, 0.1) is 0 Å². The van der Waals surface area contributed by atoms with E-state index < -0.39 is 12.1 Å². The van der Waals surface area contributed by atoms with E-state index >= 15 is 0 Å². The first-order valence-electron chi connectivity index (χ1n) is 8.82. The Morgan fingerprint density at radius 1 is 1.22 bits per heavy atom. The molecule has 3 aromatic rings.